The topological polar surface area (TPSA) is 109 Å². The Hall–Kier alpha value is -3.88. The lowest BCUT2D eigenvalue weighted by molar-refractivity contribution is -0.130. The van der Waals surface area contributed by atoms with Crippen molar-refractivity contribution in [1.29, 1.82) is 0 Å². The van der Waals surface area contributed by atoms with Crippen LogP contribution in [0.3, 0.4) is 0 Å². The molecule has 0 saturated carbocycles. The van der Waals surface area contributed by atoms with Gasteiger partial charge in [-0.25, -0.2) is 14.2 Å². The van der Waals surface area contributed by atoms with E-state index in [1.807, 2.05) is 0 Å². The molecular weight excluding hydrogens is 383 g/mol. The number of nitrogens with zero attached hydrogens (tertiary/aromatic N) is 1. The quantitative estimate of drug-likeness (QED) is 0.563. The summed E-state index contributed by atoms with van der Waals surface area (Å²) < 4.78 is 34.4. The van der Waals surface area contributed by atoms with E-state index in [2.05, 4.69) is 4.99 Å². The van der Waals surface area contributed by atoms with E-state index in [-0.39, 0.29) is 35.5 Å². The van der Waals surface area contributed by atoms with Gasteiger partial charge < -0.3 is 24.7 Å². The molecule has 0 aliphatic carbocycles. The number of carbonyl (C=O) groups is 2. The van der Waals surface area contributed by atoms with Gasteiger partial charge in [-0.2, -0.15) is 0 Å². The second kappa shape index (κ2) is 8.42. The number of cyclic esters (lactones) is 1. The summed E-state index contributed by atoms with van der Waals surface area (Å²) in [5.74, 6) is -1.10. The average molecular weight is 400 g/mol. The zero-order valence-electron chi connectivity index (χ0n) is 15.6. The molecule has 3 rings (SSSR count). The van der Waals surface area contributed by atoms with Gasteiger partial charge in [0, 0.05) is 5.56 Å². The van der Waals surface area contributed by atoms with Crippen LogP contribution < -0.4 is 19.9 Å². The van der Waals surface area contributed by atoms with Crippen molar-refractivity contribution in [3.05, 3.63) is 59.0 Å². The molecule has 29 heavy (non-hydrogen) atoms. The van der Waals surface area contributed by atoms with Crippen molar-refractivity contribution in [1.82, 2.24) is 0 Å². The monoisotopic (exact) mass is 400 g/mol. The highest BCUT2D eigenvalue weighted by molar-refractivity contribution is 6.12. The van der Waals surface area contributed by atoms with Crippen LogP contribution in [0.5, 0.6) is 17.2 Å². The van der Waals surface area contributed by atoms with E-state index in [1.165, 1.54) is 38.5 Å². The lowest BCUT2D eigenvalue weighted by atomic mass is 10.1. The number of hydrogen-bond acceptors (Lipinski definition) is 7. The first-order valence-corrected chi connectivity index (χ1v) is 8.37. The predicted octanol–water partition coefficient (Wildman–Crippen LogP) is 2.05. The number of rotatable bonds is 7. The highest BCUT2D eigenvalue weighted by Gasteiger charge is 2.25. The molecule has 9 heteroatoms. The summed E-state index contributed by atoms with van der Waals surface area (Å²) in [7, 11) is 2.82. The molecule has 0 bridgehead atoms. The fourth-order valence-corrected chi connectivity index (χ4v) is 2.58. The smallest absolute Gasteiger partial charge is 0.363 e. The van der Waals surface area contributed by atoms with Crippen molar-refractivity contribution in [2.75, 3.05) is 20.8 Å². The van der Waals surface area contributed by atoms with Crippen LogP contribution in [0.2, 0.25) is 0 Å². The summed E-state index contributed by atoms with van der Waals surface area (Å²) in [5.41, 5.74) is 5.96. The van der Waals surface area contributed by atoms with Crippen LogP contribution in [-0.4, -0.2) is 38.6 Å². The minimum Gasteiger partial charge on any atom is -0.493 e. The highest BCUT2D eigenvalue weighted by atomic mass is 19.1. The van der Waals surface area contributed by atoms with Gasteiger partial charge in [-0.05, 0) is 42.0 Å². The van der Waals surface area contributed by atoms with E-state index in [4.69, 9.17) is 24.7 Å². The maximum Gasteiger partial charge on any atom is 0.363 e. The molecule has 0 aromatic heterocycles. The Morgan fingerprint density at radius 3 is 2.48 bits per heavy atom. The number of nitrogens with two attached hydrogens (primary N) is 1. The van der Waals surface area contributed by atoms with Gasteiger partial charge in [-0.3, -0.25) is 4.79 Å². The molecule has 0 spiro atoms. The van der Waals surface area contributed by atoms with E-state index in [0.717, 1.165) is 0 Å². The number of aliphatic imine (C=N–C) groups is 1. The van der Waals surface area contributed by atoms with Crippen LogP contribution in [0, 0.1) is 5.82 Å². The molecule has 1 aliphatic heterocycles. The molecule has 2 N–H and O–H groups in total. The fourth-order valence-electron chi connectivity index (χ4n) is 2.58. The van der Waals surface area contributed by atoms with Crippen LogP contribution >= 0.6 is 0 Å². The second-order valence-electron chi connectivity index (χ2n) is 5.86. The minimum atomic E-state index is -0.684. The fraction of sp³-hybridized carbons (Fsp3) is 0.150. The number of hydrogen-bond donors (Lipinski definition) is 1. The number of amides is 1. The highest BCUT2D eigenvalue weighted by Crippen LogP contribution is 2.39. The van der Waals surface area contributed by atoms with Crippen molar-refractivity contribution in [3.8, 4) is 17.2 Å². The Bertz CT molecular complexity index is 1010. The number of methoxy groups -OCH3 is 2. The summed E-state index contributed by atoms with van der Waals surface area (Å²) in [4.78, 5) is 27.3. The van der Waals surface area contributed by atoms with E-state index >= 15 is 0 Å². The first-order chi connectivity index (χ1) is 13.9. The summed E-state index contributed by atoms with van der Waals surface area (Å²) in [5, 5.41) is 0. The molecule has 0 fully saturated rings. The van der Waals surface area contributed by atoms with Gasteiger partial charge in [0.05, 0.1) is 14.2 Å². The lowest BCUT2D eigenvalue weighted by Gasteiger charge is -2.14. The zero-order chi connectivity index (χ0) is 21.0. The summed E-state index contributed by atoms with van der Waals surface area (Å²) in [6.45, 7) is -0.360. The van der Waals surface area contributed by atoms with Crippen LogP contribution in [0.1, 0.15) is 11.1 Å². The average Bonchev–Trinajstić information content (AvgIpc) is 3.06. The van der Waals surface area contributed by atoms with Crippen molar-refractivity contribution in [2.45, 2.75) is 0 Å². The van der Waals surface area contributed by atoms with Crippen molar-refractivity contribution in [2.24, 2.45) is 10.7 Å². The Balaban J connectivity index is 1.96. The molecule has 0 atom stereocenters. The van der Waals surface area contributed by atoms with Crippen molar-refractivity contribution >= 4 is 23.9 Å². The number of esters is 1. The van der Waals surface area contributed by atoms with Gasteiger partial charge in [0.15, 0.2) is 23.8 Å². The van der Waals surface area contributed by atoms with E-state index in [1.54, 1.807) is 18.2 Å². The Kier molecular flexibility index (Phi) is 5.77. The van der Waals surface area contributed by atoms with Gasteiger partial charge in [0.25, 0.3) is 5.91 Å². The molecule has 2 aromatic carbocycles. The largest absolute Gasteiger partial charge is 0.493 e. The summed E-state index contributed by atoms with van der Waals surface area (Å²) in [6, 6.07) is 8.69. The first-order valence-electron chi connectivity index (χ1n) is 8.37. The second-order valence-corrected chi connectivity index (χ2v) is 5.86. The molecule has 1 amide bonds. The number of ether oxygens (including phenoxy) is 4. The Morgan fingerprint density at radius 1 is 1.21 bits per heavy atom. The van der Waals surface area contributed by atoms with Crippen LogP contribution in [0.25, 0.3) is 6.08 Å². The molecular formula is C20H17FN2O6. The third-order valence-corrected chi connectivity index (χ3v) is 3.84. The number of carbonyl (C=O) groups excluding carboxylic acids is 2. The molecule has 2 aromatic rings. The molecule has 0 radical (unpaired) electrons. The normalized spacial score (nSPS) is 14.4. The Labute approximate surface area is 165 Å². The maximum absolute atomic E-state index is 13.4. The van der Waals surface area contributed by atoms with Crippen LogP contribution in [0.15, 0.2) is 47.1 Å². The molecule has 0 saturated heterocycles. The van der Waals surface area contributed by atoms with Gasteiger partial charge in [0.1, 0.15) is 5.82 Å². The molecule has 0 unspecified atom stereocenters. The Morgan fingerprint density at radius 2 is 1.90 bits per heavy atom. The number of halogens is 1. The first kappa shape index (κ1) is 19.9. The van der Waals surface area contributed by atoms with Gasteiger partial charge in [0.2, 0.25) is 11.6 Å². The number of benzene rings is 2. The summed E-state index contributed by atoms with van der Waals surface area (Å²) >= 11 is 0. The minimum absolute atomic E-state index is 0.00101. The van der Waals surface area contributed by atoms with Gasteiger partial charge in [-0.15, -0.1) is 0 Å². The van der Waals surface area contributed by atoms with Crippen LogP contribution in [0.4, 0.5) is 4.39 Å². The zero-order valence-corrected chi connectivity index (χ0v) is 15.6. The lowest BCUT2D eigenvalue weighted by Crippen LogP contribution is -2.20. The predicted molar refractivity (Wildman–Crippen MR) is 101 cm³/mol. The standard InChI is InChI=1S/C20H17FN2O6/c1-26-15-7-11(8-16(27-2)18(15)28-10-17(22)24)6-14-20(25)29-19(23-14)12-4-3-5-13(21)9-12/h3-9H,10H2,1-2H3,(H2,22,24)/b14-6-. The summed E-state index contributed by atoms with van der Waals surface area (Å²) in [6.07, 6.45) is 1.46. The molecule has 1 aliphatic rings. The molecule has 150 valence electrons. The van der Waals surface area contributed by atoms with Gasteiger partial charge in [-0.1, -0.05) is 6.07 Å². The molecule has 1 heterocycles. The maximum atomic E-state index is 13.4. The molecule has 8 nitrogen and oxygen atoms in total. The third kappa shape index (κ3) is 4.52. The van der Waals surface area contributed by atoms with Crippen LogP contribution in [-0.2, 0) is 14.3 Å². The number of primary amides is 1. The third-order valence-electron chi connectivity index (χ3n) is 3.84. The van der Waals surface area contributed by atoms with E-state index in [9.17, 15) is 14.0 Å². The van der Waals surface area contributed by atoms with Crippen molar-refractivity contribution in [3.63, 3.8) is 0 Å². The van der Waals surface area contributed by atoms with Gasteiger partial charge >= 0.3 is 5.97 Å². The SMILES string of the molecule is COc1cc(/C=C2\N=C(c3cccc(F)c3)OC2=O)cc(OC)c1OCC(N)=O. The van der Waals surface area contributed by atoms with E-state index < -0.39 is 17.7 Å². The van der Waals surface area contributed by atoms with Crippen molar-refractivity contribution < 1.29 is 32.9 Å². The van der Waals surface area contributed by atoms with E-state index in [0.29, 0.717) is 11.1 Å².